The van der Waals surface area contributed by atoms with Crippen molar-refractivity contribution in [2.24, 2.45) is 0 Å². The van der Waals surface area contributed by atoms with E-state index in [1.807, 2.05) is 24.3 Å². The molecule has 1 heterocycles. The molecule has 0 aliphatic carbocycles. The van der Waals surface area contributed by atoms with Gasteiger partial charge in [0.2, 0.25) is 0 Å². The minimum atomic E-state index is -0.509. The Kier molecular flexibility index (Phi) is 5.81. The Hall–Kier alpha value is -3.19. The maximum atomic E-state index is 14.1. The topological polar surface area (TPSA) is 44.1 Å². The lowest BCUT2D eigenvalue weighted by atomic mass is 10.2. The van der Waals surface area contributed by atoms with Gasteiger partial charge in [0.15, 0.2) is 5.16 Å². The quantitative estimate of drug-likeness (QED) is 0.322. The van der Waals surface area contributed by atoms with Crippen molar-refractivity contribution in [3.05, 3.63) is 99.8 Å². The molecule has 0 fully saturated rings. The molecule has 7 heteroatoms. The minimum absolute atomic E-state index is 0.139. The number of thioether (sulfide) groups is 1. The molecule has 0 amide bonds. The van der Waals surface area contributed by atoms with Gasteiger partial charge in [-0.15, -0.1) is 0 Å². The fraction of sp³-hybridized carbons (Fsp3) is 0.130. The number of hydrogen-bond donors (Lipinski definition) is 0. The Morgan fingerprint density at radius 1 is 1.00 bits per heavy atom. The van der Waals surface area contributed by atoms with Gasteiger partial charge < -0.3 is 4.74 Å². The van der Waals surface area contributed by atoms with Crippen LogP contribution in [-0.4, -0.2) is 16.7 Å². The number of rotatable bonds is 6. The molecule has 152 valence electrons. The van der Waals surface area contributed by atoms with E-state index in [1.165, 1.54) is 11.8 Å². The first kappa shape index (κ1) is 20.1. The molecule has 0 bridgehead atoms. The molecule has 0 spiro atoms. The average Bonchev–Trinajstić information content (AvgIpc) is 2.77. The first-order chi connectivity index (χ1) is 14.6. The van der Waals surface area contributed by atoms with Gasteiger partial charge >= 0.3 is 0 Å². The molecule has 0 saturated heterocycles. The van der Waals surface area contributed by atoms with Crippen LogP contribution >= 0.6 is 11.8 Å². The summed E-state index contributed by atoms with van der Waals surface area (Å²) < 4.78 is 34.6. The van der Waals surface area contributed by atoms with E-state index < -0.39 is 11.6 Å². The molecule has 3 aromatic carbocycles. The van der Waals surface area contributed by atoms with Gasteiger partial charge in [0.1, 0.15) is 17.4 Å². The van der Waals surface area contributed by atoms with Crippen molar-refractivity contribution in [1.29, 1.82) is 0 Å². The van der Waals surface area contributed by atoms with Crippen molar-refractivity contribution < 1.29 is 13.5 Å². The van der Waals surface area contributed by atoms with Crippen LogP contribution in [0.15, 0.2) is 76.7 Å². The third-order valence-corrected chi connectivity index (χ3v) is 5.74. The number of halogens is 2. The molecule has 4 aromatic rings. The third kappa shape index (κ3) is 4.07. The SMILES string of the molecule is COc1ccccc1Cn1c(SCc2cc(F)ccc2F)nc2ccccc2c1=O. The summed E-state index contributed by atoms with van der Waals surface area (Å²) >= 11 is 1.19. The summed E-state index contributed by atoms with van der Waals surface area (Å²) in [6.45, 7) is 0.245. The van der Waals surface area contributed by atoms with E-state index in [4.69, 9.17) is 4.74 Å². The first-order valence-electron chi connectivity index (χ1n) is 9.25. The fourth-order valence-electron chi connectivity index (χ4n) is 3.20. The minimum Gasteiger partial charge on any atom is -0.496 e. The lowest BCUT2D eigenvalue weighted by Crippen LogP contribution is -2.24. The molecule has 0 unspecified atom stereocenters. The highest BCUT2D eigenvalue weighted by molar-refractivity contribution is 7.98. The van der Waals surface area contributed by atoms with Crippen LogP contribution in [0.1, 0.15) is 11.1 Å². The number of para-hydroxylation sites is 2. The van der Waals surface area contributed by atoms with Crippen molar-refractivity contribution in [2.45, 2.75) is 17.5 Å². The zero-order valence-corrected chi connectivity index (χ0v) is 17.0. The molecule has 0 aliphatic heterocycles. The Morgan fingerprint density at radius 2 is 1.77 bits per heavy atom. The Morgan fingerprint density at radius 3 is 2.60 bits per heavy atom. The van der Waals surface area contributed by atoms with E-state index >= 15 is 0 Å². The number of ether oxygens (including phenoxy) is 1. The van der Waals surface area contributed by atoms with Gasteiger partial charge in [0.25, 0.3) is 5.56 Å². The molecular formula is C23H18F2N2O2S. The van der Waals surface area contributed by atoms with E-state index in [2.05, 4.69) is 4.98 Å². The highest BCUT2D eigenvalue weighted by atomic mass is 32.2. The van der Waals surface area contributed by atoms with Crippen LogP contribution in [0.25, 0.3) is 10.9 Å². The number of nitrogens with zero attached hydrogens (tertiary/aromatic N) is 2. The second-order valence-corrected chi connectivity index (χ2v) is 7.58. The second-order valence-electron chi connectivity index (χ2n) is 6.64. The standard InChI is InChI=1S/C23H18F2N2O2S/c1-29-21-9-5-2-6-15(21)13-27-22(28)18-7-3-4-8-20(18)26-23(27)30-14-16-12-17(24)10-11-19(16)25/h2-12H,13-14H2,1H3. The fourth-order valence-corrected chi connectivity index (χ4v) is 4.17. The predicted molar refractivity (Wildman–Crippen MR) is 114 cm³/mol. The maximum absolute atomic E-state index is 14.1. The second kappa shape index (κ2) is 8.67. The summed E-state index contributed by atoms with van der Waals surface area (Å²) in [4.78, 5) is 17.8. The van der Waals surface area contributed by atoms with Gasteiger partial charge in [-0.1, -0.05) is 42.1 Å². The van der Waals surface area contributed by atoms with E-state index in [0.29, 0.717) is 21.8 Å². The smallest absolute Gasteiger partial charge is 0.262 e. The van der Waals surface area contributed by atoms with Crippen molar-refractivity contribution in [3.63, 3.8) is 0 Å². The largest absolute Gasteiger partial charge is 0.496 e. The van der Waals surface area contributed by atoms with E-state index in [-0.39, 0.29) is 23.4 Å². The van der Waals surface area contributed by atoms with Crippen molar-refractivity contribution in [3.8, 4) is 5.75 Å². The molecule has 30 heavy (non-hydrogen) atoms. The van der Waals surface area contributed by atoms with Crippen molar-refractivity contribution in [1.82, 2.24) is 9.55 Å². The van der Waals surface area contributed by atoms with E-state index in [0.717, 1.165) is 23.8 Å². The van der Waals surface area contributed by atoms with Gasteiger partial charge in [-0.25, -0.2) is 13.8 Å². The summed E-state index contributed by atoms with van der Waals surface area (Å²) in [6, 6.07) is 17.8. The monoisotopic (exact) mass is 424 g/mol. The summed E-state index contributed by atoms with van der Waals surface area (Å²) in [6.07, 6.45) is 0. The van der Waals surface area contributed by atoms with Crippen LogP contribution in [0.3, 0.4) is 0 Å². The summed E-state index contributed by atoms with van der Waals surface area (Å²) in [7, 11) is 1.57. The zero-order valence-electron chi connectivity index (χ0n) is 16.1. The Bertz CT molecular complexity index is 1270. The van der Waals surface area contributed by atoms with Crippen LogP contribution in [0, 0.1) is 11.6 Å². The normalized spacial score (nSPS) is 11.0. The number of hydrogen-bond acceptors (Lipinski definition) is 4. The highest BCUT2D eigenvalue weighted by Gasteiger charge is 2.15. The molecule has 4 nitrogen and oxygen atoms in total. The number of methoxy groups -OCH3 is 1. The van der Waals surface area contributed by atoms with Crippen LogP contribution in [0.5, 0.6) is 5.75 Å². The van der Waals surface area contributed by atoms with Crippen LogP contribution in [-0.2, 0) is 12.3 Å². The molecule has 1 aromatic heterocycles. The molecule has 0 aliphatic rings. The van der Waals surface area contributed by atoms with Gasteiger partial charge in [-0.05, 0) is 36.4 Å². The van der Waals surface area contributed by atoms with Gasteiger partial charge in [0.05, 0.1) is 24.6 Å². The van der Waals surface area contributed by atoms with Crippen molar-refractivity contribution >= 4 is 22.7 Å². The number of benzene rings is 3. The third-order valence-electron chi connectivity index (χ3n) is 4.71. The number of aromatic nitrogens is 2. The van der Waals surface area contributed by atoms with Crippen LogP contribution in [0.4, 0.5) is 8.78 Å². The summed E-state index contributed by atoms with van der Waals surface area (Å²) in [5.41, 5.74) is 1.39. The molecule has 0 N–H and O–H groups in total. The van der Waals surface area contributed by atoms with Gasteiger partial charge in [-0.2, -0.15) is 0 Å². The Labute approximate surface area is 176 Å². The Balaban J connectivity index is 1.78. The van der Waals surface area contributed by atoms with Crippen LogP contribution in [0.2, 0.25) is 0 Å². The first-order valence-corrected chi connectivity index (χ1v) is 10.2. The van der Waals surface area contributed by atoms with Crippen LogP contribution < -0.4 is 10.3 Å². The van der Waals surface area contributed by atoms with E-state index in [9.17, 15) is 13.6 Å². The molecule has 0 radical (unpaired) electrons. The van der Waals surface area contributed by atoms with Crippen molar-refractivity contribution in [2.75, 3.05) is 7.11 Å². The molecular weight excluding hydrogens is 406 g/mol. The molecule has 0 atom stereocenters. The number of fused-ring (bicyclic) bond motifs is 1. The molecule has 0 saturated carbocycles. The lowest BCUT2D eigenvalue weighted by molar-refractivity contribution is 0.407. The van der Waals surface area contributed by atoms with Gasteiger partial charge in [0, 0.05) is 16.9 Å². The van der Waals surface area contributed by atoms with Gasteiger partial charge in [-0.3, -0.25) is 9.36 Å². The maximum Gasteiger partial charge on any atom is 0.262 e. The summed E-state index contributed by atoms with van der Waals surface area (Å²) in [5.74, 6) is -0.210. The zero-order chi connectivity index (χ0) is 21.1. The average molecular weight is 424 g/mol. The predicted octanol–water partition coefficient (Wildman–Crippen LogP) is 5.02. The lowest BCUT2D eigenvalue weighted by Gasteiger charge is -2.15. The molecule has 4 rings (SSSR count). The van der Waals surface area contributed by atoms with E-state index in [1.54, 1.807) is 35.9 Å². The summed E-state index contributed by atoms with van der Waals surface area (Å²) in [5, 5.41) is 0.918. The highest BCUT2D eigenvalue weighted by Crippen LogP contribution is 2.26.